The molecule has 3 heteroatoms. The molecule has 1 aliphatic carbocycles. The summed E-state index contributed by atoms with van der Waals surface area (Å²) in [5.74, 6) is 0.180. The molecule has 100 valence electrons. The second kappa shape index (κ2) is 6.30. The molecule has 18 heavy (non-hydrogen) atoms. The zero-order valence-electron chi connectivity index (χ0n) is 10.9. The third-order valence-electron chi connectivity index (χ3n) is 3.93. The molecule has 0 aliphatic heterocycles. The van der Waals surface area contributed by atoms with Crippen LogP contribution in [0.4, 0.5) is 4.39 Å². The predicted molar refractivity (Wildman–Crippen MR) is 70.8 cm³/mol. The maximum atomic E-state index is 12.9. The van der Waals surface area contributed by atoms with Crippen LogP contribution in [0.15, 0.2) is 24.3 Å². The number of halogens is 1. The lowest BCUT2D eigenvalue weighted by atomic mass is 10.0. The van der Waals surface area contributed by atoms with Gasteiger partial charge < -0.3 is 10.4 Å². The van der Waals surface area contributed by atoms with Gasteiger partial charge >= 0.3 is 0 Å². The zero-order valence-corrected chi connectivity index (χ0v) is 10.9. The van der Waals surface area contributed by atoms with Gasteiger partial charge in [-0.3, -0.25) is 0 Å². The molecule has 3 unspecified atom stereocenters. The molecular formula is C15H22FNO. The Balaban J connectivity index is 1.91. The molecule has 1 fully saturated rings. The van der Waals surface area contributed by atoms with Gasteiger partial charge in [-0.2, -0.15) is 0 Å². The molecule has 1 saturated carbocycles. The lowest BCUT2D eigenvalue weighted by molar-refractivity contribution is 0.129. The lowest BCUT2D eigenvalue weighted by Gasteiger charge is -2.21. The summed E-state index contributed by atoms with van der Waals surface area (Å²) in [4.78, 5) is 0. The zero-order chi connectivity index (χ0) is 13.0. The normalized spacial score (nSPS) is 25.3. The van der Waals surface area contributed by atoms with Gasteiger partial charge in [0.2, 0.25) is 0 Å². The van der Waals surface area contributed by atoms with Crippen LogP contribution in [0.1, 0.15) is 44.2 Å². The molecule has 0 bridgehead atoms. The third kappa shape index (κ3) is 3.30. The van der Waals surface area contributed by atoms with Crippen LogP contribution in [0.3, 0.4) is 0 Å². The van der Waals surface area contributed by atoms with Crippen molar-refractivity contribution in [1.82, 2.24) is 5.32 Å². The summed E-state index contributed by atoms with van der Waals surface area (Å²) in [6, 6.07) is 6.93. The van der Waals surface area contributed by atoms with E-state index in [1.165, 1.54) is 12.1 Å². The Labute approximate surface area is 108 Å². The van der Waals surface area contributed by atoms with Crippen molar-refractivity contribution in [2.24, 2.45) is 5.92 Å². The first-order valence-electron chi connectivity index (χ1n) is 6.87. The molecule has 2 nitrogen and oxygen atoms in total. The first-order valence-corrected chi connectivity index (χ1v) is 6.87. The van der Waals surface area contributed by atoms with E-state index in [0.29, 0.717) is 5.92 Å². The molecule has 1 aromatic rings. The summed E-state index contributed by atoms with van der Waals surface area (Å²) in [7, 11) is 0. The molecule has 3 atom stereocenters. The van der Waals surface area contributed by atoms with Crippen LogP contribution < -0.4 is 5.32 Å². The fourth-order valence-corrected chi connectivity index (χ4v) is 2.74. The Morgan fingerprint density at radius 3 is 2.61 bits per heavy atom. The fourth-order valence-electron chi connectivity index (χ4n) is 2.74. The van der Waals surface area contributed by atoms with Gasteiger partial charge in [-0.25, -0.2) is 4.39 Å². The van der Waals surface area contributed by atoms with Crippen LogP contribution in [0.5, 0.6) is 0 Å². The molecule has 0 radical (unpaired) electrons. The Morgan fingerprint density at radius 2 is 2.06 bits per heavy atom. The van der Waals surface area contributed by atoms with E-state index in [9.17, 15) is 9.50 Å². The van der Waals surface area contributed by atoms with Gasteiger partial charge in [-0.1, -0.05) is 25.5 Å². The minimum Gasteiger partial charge on any atom is -0.393 e. The SMILES string of the molecule is CCC(NCC1CCCC1O)c1ccc(F)cc1. The van der Waals surface area contributed by atoms with Gasteiger partial charge in [0.1, 0.15) is 5.82 Å². The molecule has 0 aromatic heterocycles. The first kappa shape index (κ1) is 13.5. The number of benzene rings is 1. The Hall–Kier alpha value is -0.930. The van der Waals surface area contributed by atoms with Crippen molar-refractivity contribution in [3.63, 3.8) is 0 Å². The molecule has 1 aliphatic rings. The molecule has 1 aromatic carbocycles. The van der Waals surface area contributed by atoms with E-state index in [1.54, 1.807) is 0 Å². The van der Waals surface area contributed by atoms with Crippen LogP contribution in [-0.2, 0) is 0 Å². The van der Waals surface area contributed by atoms with E-state index in [2.05, 4.69) is 12.2 Å². The number of hydrogen-bond acceptors (Lipinski definition) is 2. The van der Waals surface area contributed by atoms with Crippen LogP contribution in [0, 0.1) is 11.7 Å². The number of nitrogens with one attached hydrogen (secondary N) is 1. The highest BCUT2D eigenvalue weighted by Gasteiger charge is 2.25. The molecule has 0 amide bonds. The number of aliphatic hydroxyl groups excluding tert-OH is 1. The average Bonchev–Trinajstić information content (AvgIpc) is 2.78. The highest BCUT2D eigenvalue weighted by Crippen LogP contribution is 2.26. The van der Waals surface area contributed by atoms with Gasteiger partial charge in [0, 0.05) is 12.6 Å². The number of aliphatic hydroxyl groups is 1. The Bertz CT molecular complexity index is 365. The van der Waals surface area contributed by atoms with Crippen molar-refractivity contribution in [3.8, 4) is 0 Å². The van der Waals surface area contributed by atoms with Crippen molar-refractivity contribution in [1.29, 1.82) is 0 Å². The van der Waals surface area contributed by atoms with E-state index in [1.807, 2.05) is 12.1 Å². The minimum absolute atomic E-state index is 0.150. The smallest absolute Gasteiger partial charge is 0.123 e. The topological polar surface area (TPSA) is 32.3 Å². The van der Waals surface area contributed by atoms with Crippen molar-refractivity contribution in [2.75, 3.05) is 6.54 Å². The van der Waals surface area contributed by atoms with Crippen molar-refractivity contribution in [3.05, 3.63) is 35.6 Å². The fraction of sp³-hybridized carbons (Fsp3) is 0.600. The van der Waals surface area contributed by atoms with Crippen LogP contribution in [0.25, 0.3) is 0 Å². The van der Waals surface area contributed by atoms with Gasteiger partial charge in [-0.15, -0.1) is 0 Å². The maximum absolute atomic E-state index is 12.9. The molecule has 0 spiro atoms. The molecule has 0 heterocycles. The van der Waals surface area contributed by atoms with E-state index in [0.717, 1.165) is 37.8 Å². The summed E-state index contributed by atoms with van der Waals surface area (Å²) < 4.78 is 12.9. The van der Waals surface area contributed by atoms with E-state index >= 15 is 0 Å². The largest absolute Gasteiger partial charge is 0.393 e. The third-order valence-corrected chi connectivity index (χ3v) is 3.93. The second-order valence-electron chi connectivity index (χ2n) is 5.18. The van der Waals surface area contributed by atoms with Gasteiger partial charge in [0.25, 0.3) is 0 Å². The van der Waals surface area contributed by atoms with E-state index in [4.69, 9.17) is 0 Å². The Kier molecular flexibility index (Phi) is 4.72. The van der Waals surface area contributed by atoms with Crippen molar-refractivity contribution >= 4 is 0 Å². The van der Waals surface area contributed by atoms with Crippen LogP contribution >= 0.6 is 0 Å². The quantitative estimate of drug-likeness (QED) is 0.843. The molecular weight excluding hydrogens is 229 g/mol. The first-order chi connectivity index (χ1) is 8.70. The standard InChI is InChI=1S/C15H22FNO/c1-2-14(11-6-8-13(16)9-7-11)17-10-12-4-3-5-15(12)18/h6-9,12,14-15,17-18H,2-5,10H2,1H3. The monoisotopic (exact) mass is 251 g/mol. The molecule has 2 N–H and O–H groups in total. The number of hydrogen-bond donors (Lipinski definition) is 2. The minimum atomic E-state index is -0.195. The van der Waals surface area contributed by atoms with Gasteiger partial charge in [0.15, 0.2) is 0 Å². The maximum Gasteiger partial charge on any atom is 0.123 e. The Morgan fingerprint density at radius 1 is 1.33 bits per heavy atom. The second-order valence-corrected chi connectivity index (χ2v) is 5.18. The van der Waals surface area contributed by atoms with Crippen LogP contribution in [0.2, 0.25) is 0 Å². The average molecular weight is 251 g/mol. The van der Waals surface area contributed by atoms with Crippen LogP contribution in [-0.4, -0.2) is 17.8 Å². The lowest BCUT2D eigenvalue weighted by Crippen LogP contribution is -2.30. The van der Waals surface area contributed by atoms with Crippen molar-refractivity contribution in [2.45, 2.75) is 44.8 Å². The van der Waals surface area contributed by atoms with E-state index < -0.39 is 0 Å². The predicted octanol–water partition coefficient (Wildman–Crippen LogP) is 3.03. The molecule has 2 rings (SSSR count). The summed E-state index contributed by atoms with van der Waals surface area (Å²) in [6.45, 7) is 2.96. The van der Waals surface area contributed by atoms with Crippen molar-refractivity contribution < 1.29 is 9.50 Å². The molecule has 0 saturated heterocycles. The number of rotatable bonds is 5. The van der Waals surface area contributed by atoms with E-state index in [-0.39, 0.29) is 18.0 Å². The highest BCUT2D eigenvalue weighted by molar-refractivity contribution is 5.19. The summed E-state index contributed by atoms with van der Waals surface area (Å²) in [5, 5.41) is 13.3. The van der Waals surface area contributed by atoms with Gasteiger partial charge in [-0.05, 0) is 42.9 Å². The summed E-state index contributed by atoms with van der Waals surface area (Å²) in [5.41, 5.74) is 1.12. The van der Waals surface area contributed by atoms with Gasteiger partial charge in [0.05, 0.1) is 6.10 Å². The summed E-state index contributed by atoms with van der Waals surface area (Å²) >= 11 is 0. The highest BCUT2D eigenvalue weighted by atomic mass is 19.1. The summed E-state index contributed by atoms with van der Waals surface area (Å²) in [6.07, 6.45) is 3.98.